The lowest BCUT2D eigenvalue weighted by atomic mass is 9.82. The first-order valence-corrected chi connectivity index (χ1v) is 12.4. The van der Waals surface area contributed by atoms with Gasteiger partial charge < -0.3 is 10.7 Å². The van der Waals surface area contributed by atoms with E-state index in [1.54, 1.807) is 6.07 Å². The third kappa shape index (κ3) is 5.00. The standard InChI is InChI=1S/C32H27F3N2O/c1-20-10-15-26-28(31(38)37-19-29(26)24-8-5-9-25(16-24)32(33,34)35)17-27(22-6-3-2-4-7-22)30(20)23-13-11-21(18-36)12-14-23/h2-9,11-14,16-17,19H,10,15,18,36H2,1H3,(H,37,38)/b27-17-,30-20?. The van der Waals surface area contributed by atoms with E-state index in [0.29, 0.717) is 36.1 Å². The Kier molecular flexibility index (Phi) is 6.91. The van der Waals surface area contributed by atoms with Crippen molar-refractivity contribution < 1.29 is 13.2 Å². The van der Waals surface area contributed by atoms with Crippen molar-refractivity contribution in [3.05, 3.63) is 134 Å². The molecule has 1 aromatic heterocycles. The van der Waals surface area contributed by atoms with E-state index >= 15 is 0 Å². The molecule has 1 aliphatic carbocycles. The number of allylic oxidation sites excluding steroid dienone is 3. The van der Waals surface area contributed by atoms with Crippen LogP contribution in [0.15, 0.2) is 95.4 Å². The largest absolute Gasteiger partial charge is 0.416 e. The minimum absolute atomic E-state index is 0.276. The molecule has 0 radical (unpaired) electrons. The zero-order chi connectivity index (χ0) is 26.9. The van der Waals surface area contributed by atoms with Crippen molar-refractivity contribution in [3.8, 4) is 11.1 Å². The van der Waals surface area contributed by atoms with Gasteiger partial charge in [-0.3, -0.25) is 4.79 Å². The van der Waals surface area contributed by atoms with Gasteiger partial charge in [-0.2, -0.15) is 13.2 Å². The van der Waals surface area contributed by atoms with Crippen LogP contribution in [0.25, 0.3) is 28.3 Å². The number of halogens is 3. The van der Waals surface area contributed by atoms with Crippen LogP contribution in [0.1, 0.15) is 46.7 Å². The number of alkyl halides is 3. The highest BCUT2D eigenvalue weighted by molar-refractivity contribution is 6.12. The third-order valence-corrected chi connectivity index (χ3v) is 7.04. The average molecular weight is 513 g/mol. The van der Waals surface area contributed by atoms with E-state index in [9.17, 15) is 18.0 Å². The van der Waals surface area contributed by atoms with Gasteiger partial charge in [0, 0.05) is 23.9 Å². The Balaban J connectivity index is 1.75. The summed E-state index contributed by atoms with van der Waals surface area (Å²) in [4.78, 5) is 16.0. The Labute approximate surface area is 219 Å². The van der Waals surface area contributed by atoms with Crippen LogP contribution in [0.3, 0.4) is 0 Å². The minimum atomic E-state index is -4.46. The number of fused-ring (bicyclic) bond motifs is 1. The molecule has 192 valence electrons. The molecule has 0 atom stereocenters. The van der Waals surface area contributed by atoms with Crippen molar-refractivity contribution >= 4 is 17.2 Å². The minimum Gasteiger partial charge on any atom is -0.328 e. The quantitative estimate of drug-likeness (QED) is 0.298. The van der Waals surface area contributed by atoms with Gasteiger partial charge in [0.1, 0.15) is 0 Å². The first kappa shape index (κ1) is 25.5. The number of benzene rings is 3. The van der Waals surface area contributed by atoms with Crippen LogP contribution in [0.5, 0.6) is 0 Å². The fourth-order valence-electron chi connectivity index (χ4n) is 5.07. The molecule has 4 aromatic rings. The van der Waals surface area contributed by atoms with Gasteiger partial charge in [0.25, 0.3) is 5.56 Å². The van der Waals surface area contributed by atoms with Crippen molar-refractivity contribution in [2.45, 2.75) is 32.5 Å². The molecule has 0 saturated heterocycles. The second kappa shape index (κ2) is 10.3. The van der Waals surface area contributed by atoms with Crippen LogP contribution in [-0.2, 0) is 19.1 Å². The number of aromatic amines is 1. The number of pyridine rings is 1. The summed E-state index contributed by atoms with van der Waals surface area (Å²) in [5.41, 5.74) is 13.1. The maximum Gasteiger partial charge on any atom is 0.416 e. The van der Waals surface area contributed by atoms with Crippen LogP contribution >= 0.6 is 0 Å². The van der Waals surface area contributed by atoms with E-state index in [1.165, 1.54) is 12.3 Å². The summed E-state index contributed by atoms with van der Waals surface area (Å²) in [6.07, 6.45) is 0.107. The highest BCUT2D eigenvalue weighted by atomic mass is 19.4. The zero-order valence-corrected chi connectivity index (χ0v) is 20.9. The van der Waals surface area contributed by atoms with Gasteiger partial charge in [-0.15, -0.1) is 0 Å². The molecule has 0 aliphatic heterocycles. The summed E-state index contributed by atoms with van der Waals surface area (Å²) < 4.78 is 40.4. The molecule has 3 N–H and O–H groups in total. The number of hydrogen-bond donors (Lipinski definition) is 2. The maximum absolute atomic E-state index is 13.5. The smallest absolute Gasteiger partial charge is 0.328 e. The van der Waals surface area contributed by atoms with Crippen molar-refractivity contribution in [1.29, 1.82) is 0 Å². The summed E-state index contributed by atoms with van der Waals surface area (Å²) in [6, 6.07) is 23.2. The van der Waals surface area contributed by atoms with Crippen molar-refractivity contribution in [2.24, 2.45) is 5.73 Å². The lowest BCUT2D eigenvalue weighted by Crippen LogP contribution is -2.15. The highest BCUT2D eigenvalue weighted by Crippen LogP contribution is 2.40. The van der Waals surface area contributed by atoms with Gasteiger partial charge in [-0.25, -0.2) is 0 Å². The molecule has 3 aromatic carbocycles. The van der Waals surface area contributed by atoms with E-state index in [0.717, 1.165) is 51.1 Å². The summed E-state index contributed by atoms with van der Waals surface area (Å²) in [6.45, 7) is 2.52. The number of nitrogens with two attached hydrogens (primary N) is 1. The summed E-state index contributed by atoms with van der Waals surface area (Å²) in [5, 5.41) is 0. The fourth-order valence-corrected chi connectivity index (χ4v) is 5.07. The maximum atomic E-state index is 13.5. The molecule has 0 amide bonds. The number of aromatic nitrogens is 1. The molecule has 38 heavy (non-hydrogen) atoms. The van der Waals surface area contributed by atoms with Gasteiger partial charge in [-0.05, 0) is 76.9 Å². The Bertz CT molecular complexity index is 1590. The average Bonchev–Trinajstić information content (AvgIpc) is 2.92. The molecule has 0 saturated carbocycles. The lowest BCUT2D eigenvalue weighted by molar-refractivity contribution is -0.137. The van der Waals surface area contributed by atoms with E-state index in [2.05, 4.69) is 11.9 Å². The van der Waals surface area contributed by atoms with Crippen molar-refractivity contribution in [3.63, 3.8) is 0 Å². The normalized spacial score (nSPS) is 15.3. The second-order valence-corrected chi connectivity index (χ2v) is 9.48. The molecule has 6 heteroatoms. The lowest BCUT2D eigenvalue weighted by Gasteiger charge is -2.22. The number of hydrogen-bond acceptors (Lipinski definition) is 2. The molecule has 1 aliphatic rings. The molecule has 3 nitrogen and oxygen atoms in total. The Morgan fingerprint density at radius 1 is 0.868 bits per heavy atom. The molecular weight excluding hydrogens is 485 g/mol. The molecule has 5 rings (SSSR count). The van der Waals surface area contributed by atoms with E-state index in [-0.39, 0.29) is 5.56 Å². The first-order valence-electron chi connectivity index (χ1n) is 12.4. The third-order valence-electron chi connectivity index (χ3n) is 7.04. The Morgan fingerprint density at radius 3 is 2.26 bits per heavy atom. The van der Waals surface area contributed by atoms with Crippen LogP contribution in [0.4, 0.5) is 13.2 Å². The molecule has 1 heterocycles. The topological polar surface area (TPSA) is 58.9 Å². The van der Waals surface area contributed by atoms with Crippen LogP contribution in [0, 0.1) is 0 Å². The predicted octanol–water partition coefficient (Wildman–Crippen LogP) is 7.48. The Morgan fingerprint density at radius 2 is 1.58 bits per heavy atom. The van der Waals surface area contributed by atoms with Gasteiger partial charge in [-0.1, -0.05) is 72.3 Å². The Hall–Kier alpha value is -4.16. The monoisotopic (exact) mass is 512 g/mol. The van der Waals surface area contributed by atoms with Crippen LogP contribution in [0.2, 0.25) is 0 Å². The summed E-state index contributed by atoms with van der Waals surface area (Å²) in [5.74, 6) is 0. The zero-order valence-electron chi connectivity index (χ0n) is 20.9. The molecule has 0 spiro atoms. The molecule has 0 fully saturated rings. The molecular formula is C32H27F3N2O. The van der Waals surface area contributed by atoms with Gasteiger partial charge in [0.2, 0.25) is 0 Å². The predicted molar refractivity (Wildman–Crippen MR) is 147 cm³/mol. The number of rotatable bonds is 4. The van der Waals surface area contributed by atoms with Gasteiger partial charge in [0.15, 0.2) is 0 Å². The summed E-state index contributed by atoms with van der Waals surface area (Å²) >= 11 is 0. The molecule has 0 bridgehead atoms. The van der Waals surface area contributed by atoms with Gasteiger partial charge in [0.05, 0.1) is 5.56 Å². The second-order valence-electron chi connectivity index (χ2n) is 9.48. The van der Waals surface area contributed by atoms with E-state index < -0.39 is 11.7 Å². The summed E-state index contributed by atoms with van der Waals surface area (Å²) in [7, 11) is 0. The van der Waals surface area contributed by atoms with Gasteiger partial charge >= 0.3 is 6.18 Å². The SMILES string of the molecule is CC1=C(c2ccc(CN)cc2)/C(c2ccccc2)=C\c2c(c(-c3cccc(C(F)(F)F)c3)c[nH]c2=O)CC1. The van der Waals surface area contributed by atoms with Crippen LogP contribution in [-0.4, -0.2) is 4.98 Å². The van der Waals surface area contributed by atoms with Crippen molar-refractivity contribution in [1.82, 2.24) is 4.98 Å². The fraction of sp³-hybridized carbons (Fsp3) is 0.156. The first-order chi connectivity index (χ1) is 18.3. The highest BCUT2D eigenvalue weighted by Gasteiger charge is 2.31. The molecule has 0 unspecified atom stereocenters. The van der Waals surface area contributed by atoms with E-state index in [1.807, 2.05) is 60.7 Å². The number of nitrogens with one attached hydrogen (secondary N) is 1. The van der Waals surface area contributed by atoms with E-state index in [4.69, 9.17) is 5.73 Å². The van der Waals surface area contributed by atoms with Crippen molar-refractivity contribution in [2.75, 3.05) is 0 Å². The van der Waals surface area contributed by atoms with Crippen LogP contribution < -0.4 is 11.3 Å². The number of H-pyrrole nitrogens is 1.